The van der Waals surface area contributed by atoms with E-state index in [1.165, 1.54) is 4.90 Å². The molecule has 5 heteroatoms. The van der Waals surface area contributed by atoms with Crippen LogP contribution < -0.4 is 0 Å². The van der Waals surface area contributed by atoms with Gasteiger partial charge in [0, 0.05) is 23.8 Å². The molecule has 1 amide bonds. The van der Waals surface area contributed by atoms with E-state index >= 15 is 0 Å². The normalized spacial score (nSPS) is 14.6. The van der Waals surface area contributed by atoms with Crippen LogP contribution in [0.1, 0.15) is 52.5 Å². The molecular weight excluding hydrogens is 316 g/mol. The Morgan fingerprint density at radius 1 is 1.20 bits per heavy atom. The minimum atomic E-state index is -0.619. The summed E-state index contributed by atoms with van der Waals surface area (Å²) in [7, 11) is 0. The van der Waals surface area contributed by atoms with Crippen LogP contribution in [0.3, 0.4) is 0 Å². The minimum Gasteiger partial charge on any atom is -0.443 e. The number of unbranched alkanes of at least 4 members (excludes halogenated alkanes) is 1. The highest BCUT2D eigenvalue weighted by Gasteiger charge is 2.30. The Labute approximate surface area is 149 Å². The van der Waals surface area contributed by atoms with E-state index in [2.05, 4.69) is 4.99 Å². The number of aliphatic imine (C=N–C) groups is 1. The van der Waals surface area contributed by atoms with E-state index in [4.69, 9.17) is 4.74 Å². The number of ether oxygens (including phenoxy) is 1. The third-order valence-corrected chi connectivity index (χ3v) is 3.69. The maximum atomic E-state index is 12.7. The number of carbonyl (C=O) groups is 2. The van der Waals surface area contributed by atoms with Gasteiger partial charge in [-0.05, 0) is 27.2 Å². The van der Waals surface area contributed by atoms with Gasteiger partial charge in [0.25, 0.3) is 0 Å². The van der Waals surface area contributed by atoms with Gasteiger partial charge in [-0.25, -0.2) is 9.79 Å². The van der Waals surface area contributed by atoms with Crippen molar-refractivity contribution < 1.29 is 14.3 Å². The molecule has 0 aromatic heterocycles. The summed E-state index contributed by atoms with van der Waals surface area (Å²) in [6.45, 7) is 7.68. The lowest BCUT2D eigenvalue weighted by molar-refractivity contribution is -0.115. The van der Waals surface area contributed by atoms with Crippen LogP contribution in [0.2, 0.25) is 0 Å². The summed E-state index contributed by atoms with van der Waals surface area (Å²) in [6, 6.07) is 9.44. The monoisotopic (exact) mass is 342 g/mol. The predicted octanol–water partition coefficient (Wildman–Crippen LogP) is 4.33. The number of ketones is 1. The summed E-state index contributed by atoms with van der Waals surface area (Å²) in [5.74, 6) is 0.535. The largest absolute Gasteiger partial charge is 0.443 e. The molecule has 1 aliphatic heterocycles. The van der Waals surface area contributed by atoms with Crippen LogP contribution in [-0.2, 0) is 9.53 Å². The van der Waals surface area contributed by atoms with E-state index in [1.807, 2.05) is 58.0 Å². The minimum absolute atomic E-state index is 0.0336. The van der Waals surface area contributed by atoms with Gasteiger partial charge in [0.2, 0.25) is 0 Å². The van der Waals surface area contributed by atoms with Crippen molar-refractivity contribution in [1.82, 2.24) is 4.90 Å². The molecule has 134 valence electrons. The Balaban J connectivity index is 2.31. The number of Topliss-reactive ketones (excluding diaryl/α,β-unsaturated/α-hetero) is 1. The molecule has 0 atom stereocenters. The fraction of sp³-hybridized carbons (Fsp3) is 0.450. The number of hydrogen-bond donors (Lipinski definition) is 0. The number of benzene rings is 1. The first-order valence-electron chi connectivity index (χ1n) is 8.68. The Morgan fingerprint density at radius 3 is 2.48 bits per heavy atom. The lowest BCUT2D eigenvalue weighted by Gasteiger charge is -2.30. The highest BCUT2D eigenvalue weighted by Crippen LogP contribution is 2.20. The second-order valence-electron chi connectivity index (χ2n) is 7.07. The fourth-order valence-electron chi connectivity index (χ4n) is 2.44. The van der Waals surface area contributed by atoms with Crippen molar-refractivity contribution >= 4 is 17.7 Å². The highest BCUT2D eigenvalue weighted by atomic mass is 16.6. The first-order valence-corrected chi connectivity index (χ1v) is 8.68. The first kappa shape index (κ1) is 18.9. The summed E-state index contributed by atoms with van der Waals surface area (Å²) in [5, 5.41) is 0. The van der Waals surface area contributed by atoms with Crippen molar-refractivity contribution in [3.05, 3.63) is 47.7 Å². The molecule has 0 aliphatic carbocycles. The van der Waals surface area contributed by atoms with Crippen LogP contribution in [0.5, 0.6) is 0 Å². The van der Waals surface area contributed by atoms with Gasteiger partial charge < -0.3 is 4.74 Å². The number of nitrogens with zero attached hydrogens (tertiary/aromatic N) is 2. The van der Waals surface area contributed by atoms with Crippen molar-refractivity contribution in [2.75, 3.05) is 6.54 Å². The van der Waals surface area contributed by atoms with Gasteiger partial charge in [0.1, 0.15) is 11.4 Å². The maximum Gasteiger partial charge on any atom is 0.416 e. The summed E-state index contributed by atoms with van der Waals surface area (Å²) in [6.07, 6.45) is 3.34. The average Bonchev–Trinajstić information content (AvgIpc) is 2.58. The molecule has 0 bridgehead atoms. The third kappa shape index (κ3) is 5.28. The van der Waals surface area contributed by atoms with Gasteiger partial charge in [0.05, 0.1) is 6.54 Å². The Kier molecular flexibility index (Phi) is 6.12. The summed E-state index contributed by atoms with van der Waals surface area (Å²) in [5.41, 5.74) is 0.732. The molecule has 0 fully saturated rings. The van der Waals surface area contributed by atoms with Gasteiger partial charge >= 0.3 is 6.09 Å². The highest BCUT2D eigenvalue weighted by molar-refractivity contribution is 6.09. The van der Waals surface area contributed by atoms with E-state index in [1.54, 1.807) is 6.20 Å². The van der Waals surface area contributed by atoms with Crippen LogP contribution in [0.15, 0.2) is 47.1 Å². The fourth-order valence-corrected chi connectivity index (χ4v) is 2.44. The van der Waals surface area contributed by atoms with Gasteiger partial charge in [0.15, 0.2) is 5.78 Å². The molecule has 0 radical (unpaired) electrons. The average molecular weight is 342 g/mol. The molecule has 2 rings (SSSR count). The maximum absolute atomic E-state index is 12.7. The lowest BCUT2D eigenvalue weighted by Crippen LogP contribution is -2.44. The summed E-state index contributed by atoms with van der Waals surface area (Å²) < 4.78 is 5.51. The predicted molar refractivity (Wildman–Crippen MR) is 98.5 cm³/mol. The molecule has 0 spiro atoms. The molecule has 25 heavy (non-hydrogen) atoms. The van der Waals surface area contributed by atoms with Crippen LogP contribution in [0, 0.1) is 0 Å². The molecule has 1 aromatic rings. The van der Waals surface area contributed by atoms with Crippen LogP contribution in [0.25, 0.3) is 0 Å². The number of carbonyl (C=O) groups excluding carboxylic acids is 2. The van der Waals surface area contributed by atoms with Crippen molar-refractivity contribution in [2.45, 2.75) is 52.6 Å². The molecule has 0 saturated heterocycles. The Hall–Kier alpha value is -2.43. The number of rotatable bonds is 5. The van der Waals surface area contributed by atoms with E-state index in [0.717, 1.165) is 18.4 Å². The smallest absolute Gasteiger partial charge is 0.416 e. The SMILES string of the molecule is CCCCC(=O)C1=CN=C(c2ccccc2)N(C(=O)OC(C)(C)C)C1. The molecule has 0 N–H and O–H groups in total. The zero-order valence-corrected chi connectivity index (χ0v) is 15.4. The van der Waals surface area contributed by atoms with Gasteiger partial charge in [-0.15, -0.1) is 0 Å². The van der Waals surface area contributed by atoms with Crippen molar-refractivity contribution in [3.63, 3.8) is 0 Å². The van der Waals surface area contributed by atoms with Crippen molar-refractivity contribution in [2.24, 2.45) is 4.99 Å². The molecular formula is C20H26N2O3. The molecule has 5 nitrogen and oxygen atoms in total. The number of amides is 1. The second kappa shape index (κ2) is 8.10. The van der Waals surface area contributed by atoms with Gasteiger partial charge in [-0.3, -0.25) is 9.69 Å². The molecule has 1 aliphatic rings. The first-order chi connectivity index (χ1) is 11.8. The number of hydrogen-bond acceptors (Lipinski definition) is 4. The Morgan fingerprint density at radius 2 is 1.88 bits per heavy atom. The Bertz CT molecular complexity index is 685. The van der Waals surface area contributed by atoms with Crippen LogP contribution in [0.4, 0.5) is 4.79 Å². The van der Waals surface area contributed by atoms with Gasteiger partial charge in [-0.2, -0.15) is 0 Å². The molecule has 0 unspecified atom stereocenters. The molecule has 1 aromatic carbocycles. The summed E-state index contributed by atoms with van der Waals surface area (Å²) >= 11 is 0. The zero-order valence-electron chi connectivity index (χ0n) is 15.4. The standard InChI is InChI=1S/C20H26N2O3/c1-5-6-12-17(23)16-13-21-18(15-10-8-7-9-11-15)22(14-16)19(24)25-20(2,3)4/h7-11,13H,5-6,12,14H2,1-4H3. The quantitative estimate of drug-likeness (QED) is 0.800. The van der Waals surface area contributed by atoms with Crippen molar-refractivity contribution in [3.8, 4) is 0 Å². The zero-order chi connectivity index (χ0) is 18.4. The van der Waals surface area contributed by atoms with E-state index in [-0.39, 0.29) is 12.3 Å². The molecule has 1 heterocycles. The topological polar surface area (TPSA) is 59.0 Å². The molecule has 0 saturated carbocycles. The number of amidine groups is 1. The van der Waals surface area contributed by atoms with E-state index in [9.17, 15) is 9.59 Å². The van der Waals surface area contributed by atoms with Gasteiger partial charge in [-0.1, -0.05) is 43.7 Å². The van der Waals surface area contributed by atoms with Crippen LogP contribution >= 0.6 is 0 Å². The lowest BCUT2D eigenvalue weighted by atomic mass is 10.0. The second-order valence-corrected chi connectivity index (χ2v) is 7.07. The third-order valence-electron chi connectivity index (χ3n) is 3.69. The van der Waals surface area contributed by atoms with Crippen LogP contribution in [-0.4, -0.2) is 34.8 Å². The van der Waals surface area contributed by atoms with E-state index < -0.39 is 11.7 Å². The van der Waals surface area contributed by atoms with E-state index in [0.29, 0.717) is 17.8 Å². The van der Waals surface area contributed by atoms with Crippen molar-refractivity contribution in [1.29, 1.82) is 0 Å². The summed E-state index contributed by atoms with van der Waals surface area (Å²) in [4.78, 5) is 30.8.